The molecular weight excluding hydrogens is 276 g/mol. The molecule has 0 radical (unpaired) electrons. The van der Waals surface area contributed by atoms with Gasteiger partial charge in [0.05, 0.1) is 6.61 Å². The molecule has 1 aliphatic heterocycles. The Labute approximate surface area is 130 Å². The summed E-state index contributed by atoms with van der Waals surface area (Å²) in [6.45, 7) is 0.541. The molecule has 0 aromatic heterocycles. The standard InChI is InChI=1S/C19H20O3/c1-20-12-18-17-11-10-15-14-7-5-3-2-4-6-13(14)8-9-16(15)19(17)22-21-18/h2-7,10-11,16,18-19H,8-9,12H2,1H3/b3-2-,4-2?,5-3?,6-4-,7-5-,13-6?,14-7?. The van der Waals surface area contributed by atoms with Crippen LogP contribution >= 0.6 is 0 Å². The first kappa shape index (κ1) is 13.9. The summed E-state index contributed by atoms with van der Waals surface area (Å²) in [7, 11) is 1.69. The molecule has 114 valence electrons. The van der Waals surface area contributed by atoms with E-state index >= 15 is 0 Å². The Morgan fingerprint density at radius 3 is 2.82 bits per heavy atom. The summed E-state index contributed by atoms with van der Waals surface area (Å²) in [6.07, 6.45) is 19.4. The Balaban J connectivity index is 1.71. The van der Waals surface area contributed by atoms with Crippen LogP contribution in [0, 0.1) is 5.92 Å². The Morgan fingerprint density at radius 1 is 1.09 bits per heavy atom. The van der Waals surface area contributed by atoms with Crippen molar-refractivity contribution in [2.75, 3.05) is 13.7 Å². The van der Waals surface area contributed by atoms with E-state index in [0.29, 0.717) is 12.5 Å². The van der Waals surface area contributed by atoms with Gasteiger partial charge in [-0.05, 0) is 35.1 Å². The minimum Gasteiger partial charge on any atom is -0.382 e. The first-order valence-electron chi connectivity index (χ1n) is 7.86. The minimum atomic E-state index is -0.0705. The fourth-order valence-electron chi connectivity index (χ4n) is 3.73. The zero-order valence-corrected chi connectivity index (χ0v) is 12.7. The third kappa shape index (κ3) is 2.26. The van der Waals surface area contributed by atoms with Crippen LogP contribution < -0.4 is 0 Å². The van der Waals surface area contributed by atoms with E-state index < -0.39 is 0 Å². The highest BCUT2D eigenvalue weighted by atomic mass is 17.2. The van der Waals surface area contributed by atoms with Crippen LogP contribution in [0.1, 0.15) is 12.8 Å². The average Bonchev–Trinajstić information content (AvgIpc) is 2.91. The molecule has 1 saturated heterocycles. The molecule has 22 heavy (non-hydrogen) atoms. The summed E-state index contributed by atoms with van der Waals surface area (Å²) in [5.74, 6) is 0.377. The van der Waals surface area contributed by atoms with E-state index in [9.17, 15) is 0 Å². The van der Waals surface area contributed by atoms with Crippen molar-refractivity contribution in [1.82, 2.24) is 0 Å². The van der Waals surface area contributed by atoms with Crippen molar-refractivity contribution < 1.29 is 14.5 Å². The fourth-order valence-corrected chi connectivity index (χ4v) is 3.73. The lowest BCUT2D eigenvalue weighted by molar-refractivity contribution is -0.306. The van der Waals surface area contributed by atoms with Crippen molar-refractivity contribution in [3.8, 4) is 0 Å². The highest BCUT2D eigenvalue weighted by molar-refractivity contribution is 5.56. The fraction of sp³-hybridized carbons (Fsp3) is 0.368. The van der Waals surface area contributed by atoms with Crippen LogP contribution in [0.15, 0.2) is 70.9 Å². The van der Waals surface area contributed by atoms with Crippen molar-refractivity contribution in [1.29, 1.82) is 0 Å². The third-order valence-corrected chi connectivity index (χ3v) is 4.79. The van der Waals surface area contributed by atoms with Gasteiger partial charge in [0, 0.05) is 13.0 Å². The van der Waals surface area contributed by atoms with Crippen LogP contribution in [0.5, 0.6) is 0 Å². The largest absolute Gasteiger partial charge is 0.382 e. The Kier molecular flexibility index (Phi) is 3.70. The lowest BCUT2D eigenvalue weighted by atomic mass is 9.72. The molecule has 0 saturated carbocycles. The van der Waals surface area contributed by atoms with Gasteiger partial charge in [0.25, 0.3) is 0 Å². The molecular formula is C19H20O3. The molecule has 0 aromatic carbocycles. The first-order chi connectivity index (χ1) is 10.9. The minimum absolute atomic E-state index is 0.0348. The van der Waals surface area contributed by atoms with Gasteiger partial charge >= 0.3 is 0 Å². The predicted molar refractivity (Wildman–Crippen MR) is 85.0 cm³/mol. The zero-order chi connectivity index (χ0) is 14.9. The maximum atomic E-state index is 5.66. The second-order valence-electron chi connectivity index (χ2n) is 6.03. The van der Waals surface area contributed by atoms with Gasteiger partial charge in [0.15, 0.2) is 0 Å². The monoisotopic (exact) mass is 296 g/mol. The first-order valence-corrected chi connectivity index (χ1v) is 7.86. The molecule has 3 unspecified atom stereocenters. The van der Waals surface area contributed by atoms with Crippen molar-refractivity contribution in [2.24, 2.45) is 5.92 Å². The van der Waals surface area contributed by atoms with E-state index in [2.05, 4.69) is 48.6 Å². The molecule has 0 bridgehead atoms. The Bertz CT molecular complexity index is 646. The molecule has 0 aromatic rings. The highest BCUT2D eigenvalue weighted by Gasteiger charge is 2.43. The molecule has 0 amide bonds. The van der Waals surface area contributed by atoms with Crippen LogP contribution in [0.25, 0.3) is 0 Å². The van der Waals surface area contributed by atoms with Crippen molar-refractivity contribution in [3.63, 3.8) is 0 Å². The van der Waals surface area contributed by atoms with Crippen molar-refractivity contribution >= 4 is 0 Å². The van der Waals surface area contributed by atoms with Crippen molar-refractivity contribution in [2.45, 2.75) is 25.0 Å². The third-order valence-electron chi connectivity index (χ3n) is 4.79. The van der Waals surface area contributed by atoms with Gasteiger partial charge in [-0.15, -0.1) is 0 Å². The lowest BCUT2D eigenvalue weighted by Gasteiger charge is -2.34. The molecule has 4 aliphatic rings. The maximum Gasteiger partial charge on any atom is 0.140 e. The number of rotatable bonds is 2. The number of hydrogen-bond donors (Lipinski definition) is 0. The summed E-state index contributed by atoms with van der Waals surface area (Å²) in [4.78, 5) is 11.1. The molecule has 3 aliphatic carbocycles. The zero-order valence-electron chi connectivity index (χ0n) is 12.7. The summed E-state index contributed by atoms with van der Waals surface area (Å²) in [6, 6.07) is 0. The number of methoxy groups -OCH3 is 1. The normalized spacial score (nSPS) is 37.0. The molecule has 1 heterocycles. The van der Waals surface area contributed by atoms with E-state index in [1.807, 2.05) is 0 Å². The average molecular weight is 296 g/mol. The molecule has 3 atom stereocenters. The predicted octanol–water partition coefficient (Wildman–Crippen LogP) is 3.59. The molecule has 4 rings (SSSR count). The number of hydrogen-bond acceptors (Lipinski definition) is 3. The summed E-state index contributed by atoms with van der Waals surface area (Å²) >= 11 is 0. The van der Waals surface area contributed by atoms with E-state index in [4.69, 9.17) is 14.5 Å². The van der Waals surface area contributed by atoms with Crippen molar-refractivity contribution in [3.05, 3.63) is 70.9 Å². The summed E-state index contributed by atoms with van der Waals surface area (Å²) < 4.78 is 5.22. The number of fused-ring (bicyclic) bond motifs is 4. The summed E-state index contributed by atoms with van der Waals surface area (Å²) in [5, 5.41) is 0. The summed E-state index contributed by atoms with van der Waals surface area (Å²) in [5.41, 5.74) is 5.33. The van der Waals surface area contributed by atoms with Gasteiger partial charge in [0.1, 0.15) is 12.2 Å². The maximum absolute atomic E-state index is 5.66. The van der Waals surface area contributed by atoms with Gasteiger partial charge in [-0.3, -0.25) is 0 Å². The lowest BCUT2D eigenvalue weighted by Crippen LogP contribution is -2.30. The topological polar surface area (TPSA) is 27.7 Å². The molecule has 0 spiro atoms. The molecule has 0 N–H and O–H groups in total. The van der Waals surface area contributed by atoms with Gasteiger partial charge in [0.2, 0.25) is 0 Å². The van der Waals surface area contributed by atoms with Gasteiger partial charge in [-0.25, -0.2) is 9.78 Å². The van der Waals surface area contributed by atoms with E-state index in [-0.39, 0.29) is 12.2 Å². The number of ether oxygens (including phenoxy) is 1. The van der Waals surface area contributed by atoms with Crippen LogP contribution in [-0.2, 0) is 14.5 Å². The highest BCUT2D eigenvalue weighted by Crippen LogP contribution is 2.45. The van der Waals surface area contributed by atoms with Crippen LogP contribution in [-0.4, -0.2) is 25.9 Å². The SMILES string of the molecule is COCC1OOC2C1=CC=C1C3=C(\C=C/C=C\C=C/3)CCC12. The molecule has 1 fully saturated rings. The smallest absolute Gasteiger partial charge is 0.140 e. The molecule has 3 heteroatoms. The number of allylic oxidation sites excluding steroid dienone is 10. The van der Waals surface area contributed by atoms with E-state index in [0.717, 1.165) is 12.8 Å². The molecule has 3 nitrogen and oxygen atoms in total. The van der Waals surface area contributed by atoms with E-state index in [1.54, 1.807) is 7.11 Å². The van der Waals surface area contributed by atoms with E-state index in [1.165, 1.54) is 22.3 Å². The van der Waals surface area contributed by atoms with Gasteiger partial charge in [-0.2, -0.15) is 0 Å². The van der Waals surface area contributed by atoms with Crippen LogP contribution in [0.2, 0.25) is 0 Å². The second kappa shape index (κ2) is 5.84. The van der Waals surface area contributed by atoms with Gasteiger partial charge < -0.3 is 4.74 Å². The Morgan fingerprint density at radius 2 is 1.95 bits per heavy atom. The Hall–Kier alpha value is -1.68. The van der Waals surface area contributed by atoms with Gasteiger partial charge in [-0.1, -0.05) is 48.6 Å². The van der Waals surface area contributed by atoms with Crippen LogP contribution in [0.3, 0.4) is 0 Å². The van der Waals surface area contributed by atoms with Crippen LogP contribution in [0.4, 0.5) is 0 Å². The second-order valence-corrected chi connectivity index (χ2v) is 6.03. The quantitative estimate of drug-likeness (QED) is 0.729.